The smallest absolute Gasteiger partial charge is 0.408 e. The number of aromatic amines is 1. The van der Waals surface area contributed by atoms with Crippen molar-refractivity contribution >= 4 is 33.1 Å². The number of fused-ring (bicyclic) bond motifs is 1. The summed E-state index contributed by atoms with van der Waals surface area (Å²) in [5.41, 5.74) is -0.477. The summed E-state index contributed by atoms with van der Waals surface area (Å²) in [5, 5.41) is 4.77. The molecule has 132 valence electrons. The maximum Gasteiger partial charge on any atom is 0.417 e. The lowest BCUT2D eigenvalue weighted by molar-refractivity contribution is -0.125. The van der Waals surface area contributed by atoms with E-state index < -0.39 is 33.3 Å². The summed E-state index contributed by atoms with van der Waals surface area (Å²) in [7, 11) is -3.81. The molecule has 3 N–H and O–H groups in total. The molecule has 1 spiro atoms. The van der Waals surface area contributed by atoms with Gasteiger partial charge in [-0.05, 0) is 25.0 Å². The molecule has 0 radical (unpaired) electrons. The second-order valence-corrected chi connectivity index (χ2v) is 8.00. The summed E-state index contributed by atoms with van der Waals surface area (Å²) >= 11 is 0. The molecule has 1 aromatic heterocycles. The standard InChI is InChI=1S/C14H14N4O6S/c19-11-14(17-12(20)16-11)3-5-18(6-4-14)25(22,23)8-1-2-9-10(7-8)24-13(21)15-9/h1-2,7H,3-6H2,(H,15,21)(H2,16,17,19,20). The van der Waals surface area contributed by atoms with Gasteiger partial charge in [-0.2, -0.15) is 4.31 Å². The molecule has 2 saturated heterocycles. The summed E-state index contributed by atoms with van der Waals surface area (Å²) in [5.74, 6) is -1.09. The zero-order chi connectivity index (χ0) is 17.8. The predicted molar refractivity (Wildman–Crippen MR) is 84.2 cm³/mol. The largest absolute Gasteiger partial charge is 0.417 e. The van der Waals surface area contributed by atoms with Crippen LogP contribution in [0.15, 0.2) is 32.3 Å². The highest BCUT2D eigenvalue weighted by Gasteiger charge is 2.49. The first-order valence-electron chi connectivity index (χ1n) is 7.57. The molecule has 4 rings (SSSR count). The van der Waals surface area contributed by atoms with Gasteiger partial charge < -0.3 is 9.73 Å². The molecule has 0 unspecified atom stereocenters. The minimum absolute atomic E-state index is 0.00129. The lowest BCUT2D eigenvalue weighted by Gasteiger charge is -2.36. The van der Waals surface area contributed by atoms with E-state index in [1.807, 2.05) is 0 Å². The van der Waals surface area contributed by atoms with Gasteiger partial charge in [0.1, 0.15) is 5.54 Å². The van der Waals surface area contributed by atoms with Gasteiger partial charge in [-0.15, -0.1) is 0 Å². The number of imide groups is 1. The third-order valence-electron chi connectivity index (χ3n) is 4.62. The second kappa shape index (κ2) is 5.17. The number of nitrogens with zero attached hydrogens (tertiary/aromatic N) is 1. The Hall–Kier alpha value is -2.66. The quantitative estimate of drug-likeness (QED) is 0.611. The van der Waals surface area contributed by atoms with Gasteiger partial charge in [0, 0.05) is 19.2 Å². The van der Waals surface area contributed by atoms with Crippen LogP contribution < -0.4 is 16.4 Å². The zero-order valence-corrected chi connectivity index (χ0v) is 13.7. The maximum atomic E-state index is 12.8. The number of aromatic nitrogens is 1. The van der Waals surface area contributed by atoms with E-state index in [2.05, 4.69) is 15.6 Å². The van der Waals surface area contributed by atoms with Gasteiger partial charge in [0.25, 0.3) is 5.91 Å². The van der Waals surface area contributed by atoms with Crippen LogP contribution in [0, 0.1) is 0 Å². The van der Waals surface area contributed by atoms with E-state index in [0.717, 1.165) is 0 Å². The summed E-state index contributed by atoms with van der Waals surface area (Å²) in [6, 6.07) is 3.58. The third kappa shape index (κ3) is 2.43. The molecule has 3 heterocycles. The fourth-order valence-corrected chi connectivity index (χ4v) is 4.68. The van der Waals surface area contributed by atoms with Crippen molar-refractivity contribution in [3.8, 4) is 0 Å². The Labute approximate surface area is 141 Å². The number of rotatable bonds is 2. The fraction of sp³-hybridized carbons (Fsp3) is 0.357. The van der Waals surface area contributed by atoms with Crippen LogP contribution in [0.5, 0.6) is 0 Å². The molecule has 0 saturated carbocycles. The SMILES string of the molecule is O=C1NC(=O)C2(CCN(S(=O)(=O)c3ccc4[nH]c(=O)oc4c3)CC2)N1. The molecule has 25 heavy (non-hydrogen) atoms. The van der Waals surface area contributed by atoms with Crippen LogP contribution in [0.25, 0.3) is 11.1 Å². The van der Waals surface area contributed by atoms with E-state index in [1.165, 1.54) is 22.5 Å². The van der Waals surface area contributed by atoms with Crippen molar-refractivity contribution in [2.24, 2.45) is 0 Å². The van der Waals surface area contributed by atoms with Crippen molar-refractivity contribution in [2.75, 3.05) is 13.1 Å². The molecular weight excluding hydrogens is 352 g/mol. The Balaban J connectivity index is 1.59. The molecule has 11 heteroatoms. The molecule has 2 fully saturated rings. The highest BCUT2D eigenvalue weighted by Crippen LogP contribution is 2.29. The van der Waals surface area contributed by atoms with Gasteiger partial charge in [0.2, 0.25) is 10.0 Å². The fourth-order valence-electron chi connectivity index (χ4n) is 3.22. The number of sulfonamides is 1. The van der Waals surface area contributed by atoms with Crippen molar-refractivity contribution in [3.63, 3.8) is 0 Å². The normalized spacial score (nSPS) is 20.8. The van der Waals surface area contributed by atoms with E-state index in [4.69, 9.17) is 4.42 Å². The van der Waals surface area contributed by atoms with E-state index in [1.54, 1.807) is 0 Å². The number of H-pyrrole nitrogens is 1. The number of nitrogens with one attached hydrogen (secondary N) is 3. The van der Waals surface area contributed by atoms with Gasteiger partial charge in [0.05, 0.1) is 10.4 Å². The van der Waals surface area contributed by atoms with Crippen LogP contribution in [0.3, 0.4) is 0 Å². The van der Waals surface area contributed by atoms with Crippen LogP contribution in [0.2, 0.25) is 0 Å². The Morgan fingerprint density at radius 3 is 2.48 bits per heavy atom. The van der Waals surface area contributed by atoms with Crippen LogP contribution in [0.1, 0.15) is 12.8 Å². The molecule has 0 atom stereocenters. The number of hydrogen-bond acceptors (Lipinski definition) is 6. The average Bonchev–Trinajstić information content (AvgIpc) is 3.05. The summed E-state index contributed by atoms with van der Waals surface area (Å²) in [4.78, 5) is 36.9. The number of oxazole rings is 1. The van der Waals surface area contributed by atoms with Crippen molar-refractivity contribution in [1.82, 2.24) is 19.9 Å². The Kier molecular flexibility index (Phi) is 3.27. The van der Waals surface area contributed by atoms with Crippen molar-refractivity contribution in [1.29, 1.82) is 0 Å². The lowest BCUT2D eigenvalue weighted by Crippen LogP contribution is -2.55. The molecule has 2 aliphatic heterocycles. The van der Waals surface area contributed by atoms with Crippen LogP contribution >= 0.6 is 0 Å². The Morgan fingerprint density at radius 1 is 1.12 bits per heavy atom. The highest BCUT2D eigenvalue weighted by molar-refractivity contribution is 7.89. The molecule has 3 amide bonds. The monoisotopic (exact) mass is 366 g/mol. The zero-order valence-electron chi connectivity index (χ0n) is 12.9. The minimum atomic E-state index is -3.81. The van der Waals surface area contributed by atoms with Crippen LogP contribution in [0.4, 0.5) is 4.79 Å². The molecule has 1 aromatic carbocycles. The van der Waals surface area contributed by atoms with E-state index in [0.29, 0.717) is 5.52 Å². The third-order valence-corrected chi connectivity index (χ3v) is 6.52. The Morgan fingerprint density at radius 2 is 1.84 bits per heavy atom. The Bertz CT molecular complexity index is 1040. The first-order valence-corrected chi connectivity index (χ1v) is 9.01. The van der Waals surface area contributed by atoms with E-state index in [-0.39, 0.29) is 36.4 Å². The number of hydrogen-bond donors (Lipinski definition) is 3. The summed E-state index contributed by atoms with van der Waals surface area (Å²) < 4.78 is 31.7. The van der Waals surface area contributed by atoms with Crippen molar-refractivity contribution in [3.05, 3.63) is 28.7 Å². The number of benzene rings is 1. The minimum Gasteiger partial charge on any atom is -0.408 e. The number of carbonyl (C=O) groups is 2. The van der Waals surface area contributed by atoms with Crippen molar-refractivity contribution < 1.29 is 22.4 Å². The first kappa shape index (κ1) is 15.8. The van der Waals surface area contributed by atoms with Crippen LogP contribution in [-0.2, 0) is 14.8 Å². The lowest BCUT2D eigenvalue weighted by atomic mass is 9.89. The molecule has 0 aliphatic carbocycles. The average molecular weight is 366 g/mol. The highest BCUT2D eigenvalue weighted by atomic mass is 32.2. The summed E-state index contributed by atoms with van der Waals surface area (Å²) in [6.45, 7) is 0.177. The second-order valence-electron chi connectivity index (χ2n) is 6.07. The number of piperidine rings is 1. The first-order chi connectivity index (χ1) is 11.8. The van der Waals surface area contributed by atoms with E-state index in [9.17, 15) is 22.8 Å². The molecule has 2 aromatic rings. The molecule has 10 nitrogen and oxygen atoms in total. The maximum absolute atomic E-state index is 12.8. The number of amides is 3. The molecule has 0 bridgehead atoms. The topological polar surface area (TPSA) is 142 Å². The van der Waals surface area contributed by atoms with Gasteiger partial charge in [-0.3, -0.25) is 15.1 Å². The van der Waals surface area contributed by atoms with Gasteiger partial charge in [0.15, 0.2) is 5.58 Å². The predicted octanol–water partition coefficient (Wildman–Crippen LogP) is -0.516. The van der Waals surface area contributed by atoms with Crippen LogP contribution in [-0.4, -0.2) is 48.3 Å². The number of urea groups is 1. The number of carbonyl (C=O) groups excluding carboxylic acids is 2. The molecular formula is C14H14N4O6S. The van der Waals surface area contributed by atoms with Crippen molar-refractivity contribution in [2.45, 2.75) is 23.3 Å². The van der Waals surface area contributed by atoms with Gasteiger partial charge >= 0.3 is 11.8 Å². The summed E-state index contributed by atoms with van der Waals surface area (Å²) in [6.07, 6.45) is 0.372. The van der Waals surface area contributed by atoms with Gasteiger partial charge in [-0.1, -0.05) is 0 Å². The molecule has 2 aliphatic rings. The van der Waals surface area contributed by atoms with E-state index >= 15 is 0 Å². The van der Waals surface area contributed by atoms with Gasteiger partial charge in [-0.25, -0.2) is 18.0 Å².